The van der Waals surface area contributed by atoms with Crippen molar-refractivity contribution in [2.45, 2.75) is 219 Å². The van der Waals surface area contributed by atoms with Gasteiger partial charge in [0.05, 0.1) is 11.4 Å². The summed E-state index contributed by atoms with van der Waals surface area (Å²) >= 11 is 0. The Bertz CT molecular complexity index is 4030. The summed E-state index contributed by atoms with van der Waals surface area (Å²) in [6.07, 6.45) is 27.6. The molecule has 7 aliphatic carbocycles. The zero-order valence-corrected chi connectivity index (χ0v) is 66.0. The number of hydrogen-bond donors (Lipinski definition) is 0. The van der Waals surface area contributed by atoms with E-state index in [-0.39, 0.29) is 38.8 Å². The second-order valence-electron chi connectivity index (χ2n) is 31.5. The van der Waals surface area contributed by atoms with Crippen molar-refractivity contribution < 1.29 is 49.4 Å². The highest BCUT2D eigenvalue weighted by Gasteiger charge is 2.88. The lowest BCUT2D eigenvalue weighted by molar-refractivity contribution is -0.0428. The lowest BCUT2D eigenvalue weighted by Gasteiger charge is -2.66. The number of nitrogens with zero attached hydrogens (tertiary/aromatic N) is 2. The number of hydrogen-bond acceptors (Lipinski definition) is 14. The van der Waals surface area contributed by atoms with E-state index in [0.29, 0.717) is 0 Å². The monoisotopic (exact) mass is 1490 g/mol. The third-order valence-corrected chi connectivity index (χ3v) is 64.6. The predicted molar refractivity (Wildman–Crippen MR) is 410 cm³/mol. The predicted octanol–water partition coefficient (Wildman–Crippen LogP) is 21.2. The molecule has 101 heavy (non-hydrogen) atoms. The molecular formula is C79H94N2O12Si8. The molecule has 13 aliphatic rings. The highest BCUT2D eigenvalue weighted by molar-refractivity contribution is 7.06. The van der Waals surface area contributed by atoms with E-state index in [1.165, 1.54) is 10.8 Å². The molecule has 8 aromatic rings. The van der Waals surface area contributed by atoms with Gasteiger partial charge >= 0.3 is 70.4 Å². The van der Waals surface area contributed by atoms with Crippen LogP contribution in [0.2, 0.25) is 38.8 Å². The summed E-state index contributed by atoms with van der Waals surface area (Å²) in [6.45, 7) is 0. The number of para-hydroxylation sites is 2. The summed E-state index contributed by atoms with van der Waals surface area (Å²) in [7, 11) is -33.9. The van der Waals surface area contributed by atoms with Crippen LogP contribution in [-0.4, -0.2) is 70.4 Å². The van der Waals surface area contributed by atoms with Gasteiger partial charge in [0, 0.05) is 77.5 Å². The van der Waals surface area contributed by atoms with E-state index in [2.05, 4.69) is 198 Å². The minimum Gasteiger partial charge on any atom is -0.373 e. The number of anilines is 6. The van der Waals surface area contributed by atoms with E-state index >= 15 is 0 Å². The number of benzene rings is 8. The van der Waals surface area contributed by atoms with Crippen LogP contribution in [0.3, 0.4) is 0 Å². The van der Waals surface area contributed by atoms with E-state index in [1.54, 1.807) is 0 Å². The fourth-order valence-corrected chi connectivity index (χ4v) is 76.0. The summed E-state index contributed by atoms with van der Waals surface area (Å²) < 4.78 is 106. The Morgan fingerprint density at radius 2 is 0.495 bits per heavy atom. The maximum Gasteiger partial charge on any atom is 0.515 e. The van der Waals surface area contributed by atoms with E-state index in [0.717, 1.165) is 241 Å². The largest absolute Gasteiger partial charge is 0.515 e. The summed E-state index contributed by atoms with van der Waals surface area (Å²) in [5, 5.41) is 5.49. The molecule has 0 atom stereocenters. The van der Waals surface area contributed by atoms with Gasteiger partial charge in [-0.1, -0.05) is 223 Å². The molecule has 8 bridgehead atoms. The lowest BCUT2D eigenvalue weighted by Crippen LogP contribution is -2.91. The lowest BCUT2D eigenvalue weighted by atomic mass is 10.0. The Hall–Kier alpha value is -4.86. The first kappa shape index (κ1) is 65.6. The van der Waals surface area contributed by atoms with Crippen LogP contribution >= 0.6 is 0 Å². The normalized spacial score (nSPS) is 33.6. The van der Waals surface area contributed by atoms with Gasteiger partial charge in [-0.05, 0) is 166 Å². The first-order chi connectivity index (χ1) is 49.7. The van der Waals surface area contributed by atoms with Crippen LogP contribution < -0.4 is 15.0 Å². The summed E-state index contributed by atoms with van der Waals surface area (Å²) in [5.74, 6) is 0. The van der Waals surface area contributed by atoms with E-state index in [4.69, 9.17) is 49.4 Å². The van der Waals surface area contributed by atoms with Gasteiger partial charge in [-0.15, -0.1) is 0 Å². The highest BCUT2D eigenvalue weighted by atomic mass is 28.6. The molecule has 0 N–H and O–H groups in total. The zero-order valence-electron chi connectivity index (χ0n) is 58.0. The molecule has 0 amide bonds. The quantitative estimate of drug-likeness (QED) is 0.0906. The van der Waals surface area contributed by atoms with Gasteiger partial charge in [0.25, 0.3) is 0 Å². The molecule has 6 aliphatic heterocycles. The molecule has 0 radical (unpaired) electrons. The smallest absolute Gasteiger partial charge is 0.373 e. The van der Waals surface area contributed by atoms with Gasteiger partial charge in [0.2, 0.25) is 0 Å². The van der Waals surface area contributed by atoms with Gasteiger partial charge in [-0.3, -0.25) is 0 Å². The Morgan fingerprint density at radius 1 is 0.228 bits per heavy atom. The molecule has 0 aromatic heterocycles. The first-order valence-corrected chi connectivity index (χ1v) is 53.3. The maximum absolute atomic E-state index is 8.89. The van der Waals surface area contributed by atoms with Crippen molar-refractivity contribution in [3.63, 3.8) is 0 Å². The Labute approximate surface area is 604 Å². The third kappa shape index (κ3) is 11.1. The molecule has 21 rings (SSSR count). The van der Waals surface area contributed by atoms with Crippen molar-refractivity contribution in [1.82, 2.24) is 0 Å². The number of rotatable bonds is 15. The fraction of sp³-hybridized carbons (Fsp3) is 0.443. The molecule has 13 fully saturated rings. The van der Waals surface area contributed by atoms with Crippen molar-refractivity contribution >= 4 is 131 Å². The minimum atomic E-state index is -4.59. The average Bonchev–Trinajstić information content (AvgIpc) is 1.55. The van der Waals surface area contributed by atoms with Crippen molar-refractivity contribution in [3.8, 4) is 11.1 Å². The van der Waals surface area contributed by atoms with Crippen LogP contribution in [0.4, 0.5) is 34.1 Å². The summed E-state index contributed by atoms with van der Waals surface area (Å²) in [5.41, 5.74) is 7.99. The van der Waals surface area contributed by atoms with Crippen LogP contribution in [0.1, 0.15) is 180 Å². The van der Waals surface area contributed by atoms with Crippen LogP contribution in [0.15, 0.2) is 188 Å². The first-order valence-electron chi connectivity index (χ1n) is 39.0. The molecule has 0 unspecified atom stereocenters. The SMILES string of the molecule is c1ccc(N(c2cc(-c3ccc([Si]45O[Si]6(C7CCCC7)O[Si]7(C8CCCC8)O[Si](C8CCCC8)(O4)O[Si]4(C8CCCC8)O[Si](C8CCCC8)(O5)O[Si](C5CCCC5)(O6)O[Si](C5CCCC5)(O7)O4)cc3)cc(N(c3ccccc3)c3cccc4ccccc34)c2)c2cccc3ccccc23)cc1. The maximum atomic E-state index is 8.89. The topological polar surface area (TPSA) is 117 Å². The van der Waals surface area contributed by atoms with Crippen molar-refractivity contribution in [3.05, 3.63) is 188 Å². The van der Waals surface area contributed by atoms with Gasteiger partial charge < -0.3 is 59.2 Å². The third-order valence-electron chi connectivity index (χ3n) is 25.4. The van der Waals surface area contributed by atoms with Gasteiger partial charge in [0.1, 0.15) is 0 Å². The second-order valence-corrected chi connectivity index (χ2v) is 57.2. The molecule has 524 valence electrons. The van der Waals surface area contributed by atoms with Gasteiger partial charge in [0.15, 0.2) is 0 Å². The molecule has 6 saturated heterocycles. The van der Waals surface area contributed by atoms with Crippen LogP contribution in [0.5, 0.6) is 0 Å². The molecular weight excluding hydrogens is 1390 g/mol. The van der Waals surface area contributed by atoms with E-state index < -0.39 is 70.4 Å². The van der Waals surface area contributed by atoms with Gasteiger partial charge in [-0.25, -0.2) is 0 Å². The molecule has 22 heteroatoms. The van der Waals surface area contributed by atoms with E-state index in [9.17, 15) is 0 Å². The summed E-state index contributed by atoms with van der Waals surface area (Å²) in [6, 6.07) is 68.8. The molecule has 6 heterocycles. The minimum absolute atomic E-state index is 0.00234. The molecule has 7 saturated carbocycles. The fourth-order valence-electron chi connectivity index (χ4n) is 20.4. The number of fused-ring (bicyclic) bond motifs is 2. The Balaban J connectivity index is 0.832. The molecule has 8 aromatic carbocycles. The van der Waals surface area contributed by atoms with Crippen molar-refractivity contribution in [2.75, 3.05) is 9.80 Å². The van der Waals surface area contributed by atoms with E-state index in [1.807, 2.05) is 0 Å². The molecule has 0 spiro atoms. The van der Waals surface area contributed by atoms with Crippen molar-refractivity contribution in [2.24, 2.45) is 0 Å². The zero-order chi connectivity index (χ0) is 66.9. The summed E-state index contributed by atoms with van der Waals surface area (Å²) in [4.78, 5) is 4.87. The van der Waals surface area contributed by atoms with Gasteiger partial charge in [-0.2, -0.15) is 0 Å². The Morgan fingerprint density at radius 3 is 0.802 bits per heavy atom. The standard InChI is InChI=1S/C79H94N2O12Si8/c1-3-31-64(32-4-1)80(78-51-25-29-61-27-7-23-49-76(61)78)66-57-63(58-67(59-66)81(65-33-5-2-6-34-65)79-52-26-30-62-28-8-24-50-77(62)79)60-53-55-75(56-54-60)101-91-98(72-43-17-18-44-72)85-95(69-37-11-12-38-69)82-94(68-35-9-10-36-68)83-96(87-98,70-39-13-14-40-70)89-100(93-101,74-47-21-22-48-74)90-97(84-94,71-41-15-16-42-71)88-99(86-95,92-101)73-45-19-20-46-73/h1-8,23-34,49-59,68-74H,9-22,35-48H2. The Kier molecular flexibility index (Phi) is 16.9. The second kappa shape index (κ2) is 26.0. The van der Waals surface area contributed by atoms with Crippen LogP contribution in [0, 0.1) is 0 Å². The van der Waals surface area contributed by atoms with Crippen LogP contribution in [-0.2, 0) is 49.4 Å². The van der Waals surface area contributed by atoms with Crippen molar-refractivity contribution in [1.29, 1.82) is 0 Å². The van der Waals surface area contributed by atoms with Crippen LogP contribution in [0.25, 0.3) is 32.7 Å². The highest BCUT2D eigenvalue weighted by Crippen LogP contribution is 2.66. The molecule has 14 nitrogen and oxygen atoms in total. The average molecular weight is 1490 g/mol.